The van der Waals surface area contributed by atoms with Crippen LogP contribution in [0.4, 0.5) is 0 Å². The van der Waals surface area contributed by atoms with Gasteiger partial charge in [-0.2, -0.15) is 0 Å². The van der Waals surface area contributed by atoms with Crippen LogP contribution in [0.3, 0.4) is 0 Å². The molecule has 0 heterocycles. The van der Waals surface area contributed by atoms with E-state index in [1.165, 1.54) is 5.48 Å². The Morgan fingerprint density at radius 2 is 1.81 bits per heavy atom. The molecule has 0 bridgehead atoms. The van der Waals surface area contributed by atoms with Crippen LogP contribution in [0, 0.1) is 0 Å². The van der Waals surface area contributed by atoms with Crippen LogP contribution in [-0.2, 0) is 20.8 Å². The van der Waals surface area contributed by atoms with Gasteiger partial charge in [0.25, 0.3) is 0 Å². The number of rotatable bonds is 11. The highest BCUT2D eigenvalue weighted by molar-refractivity contribution is 9.10. The second-order valence-electron chi connectivity index (χ2n) is 6.00. The van der Waals surface area contributed by atoms with Crippen molar-refractivity contribution in [3.05, 3.63) is 34.3 Å². The summed E-state index contributed by atoms with van der Waals surface area (Å²) < 4.78 is 0.918. The van der Waals surface area contributed by atoms with E-state index < -0.39 is 11.9 Å². The molecular formula is C18H26BrN3O4. The number of hydrogen-bond acceptors (Lipinski definition) is 4. The van der Waals surface area contributed by atoms with Gasteiger partial charge in [-0.1, -0.05) is 47.8 Å². The lowest BCUT2D eigenvalue weighted by molar-refractivity contribution is -0.131. The summed E-state index contributed by atoms with van der Waals surface area (Å²) in [5, 5.41) is 14.1. The Balaban J connectivity index is 2.60. The number of amides is 3. The molecule has 144 valence electrons. The van der Waals surface area contributed by atoms with Gasteiger partial charge in [0, 0.05) is 17.4 Å². The molecule has 7 nitrogen and oxygen atoms in total. The zero-order valence-corrected chi connectivity index (χ0v) is 16.5. The average Bonchev–Trinajstić information content (AvgIpc) is 2.63. The third kappa shape index (κ3) is 8.96. The van der Waals surface area contributed by atoms with Gasteiger partial charge in [0.05, 0.1) is 6.42 Å². The minimum Gasteiger partial charge on any atom is -0.354 e. The number of carbonyl (C=O) groups is 3. The molecule has 0 aliphatic heterocycles. The molecule has 0 aromatic heterocycles. The standard InChI is InChI=1S/C18H26BrN3O4/c1-2-3-4-11-20-18(25)15(9-10-16(23)22-26)21-17(24)12-13-5-7-14(19)8-6-13/h5-8,15,26H,2-4,9-12H2,1H3,(H,20,25)(H,21,24)(H,22,23)/t15-/m0/s1. The van der Waals surface area contributed by atoms with E-state index in [1.807, 2.05) is 24.3 Å². The molecule has 0 spiro atoms. The highest BCUT2D eigenvalue weighted by Crippen LogP contribution is 2.11. The Labute approximate surface area is 162 Å². The average molecular weight is 428 g/mol. The van der Waals surface area contributed by atoms with Crippen molar-refractivity contribution in [3.63, 3.8) is 0 Å². The lowest BCUT2D eigenvalue weighted by Gasteiger charge is -2.18. The smallest absolute Gasteiger partial charge is 0.243 e. The summed E-state index contributed by atoms with van der Waals surface area (Å²) in [5.41, 5.74) is 2.35. The fourth-order valence-electron chi connectivity index (χ4n) is 2.34. The van der Waals surface area contributed by atoms with E-state index in [-0.39, 0.29) is 31.1 Å². The maximum absolute atomic E-state index is 12.3. The van der Waals surface area contributed by atoms with Gasteiger partial charge >= 0.3 is 0 Å². The van der Waals surface area contributed by atoms with Gasteiger partial charge in [-0.25, -0.2) is 5.48 Å². The largest absolute Gasteiger partial charge is 0.354 e. The Morgan fingerprint density at radius 3 is 2.42 bits per heavy atom. The molecule has 0 aliphatic carbocycles. The summed E-state index contributed by atoms with van der Waals surface area (Å²) in [7, 11) is 0. The van der Waals surface area contributed by atoms with E-state index in [2.05, 4.69) is 33.5 Å². The fraction of sp³-hybridized carbons (Fsp3) is 0.500. The van der Waals surface area contributed by atoms with Crippen LogP contribution in [0.1, 0.15) is 44.6 Å². The number of nitrogens with one attached hydrogen (secondary N) is 3. The maximum Gasteiger partial charge on any atom is 0.243 e. The van der Waals surface area contributed by atoms with Crippen LogP contribution >= 0.6 is 15.9 Å². The number of hydroxylamine groups is 1. The minimum atomic E-state index is -0.822. The van der Waals surface area contributed by atoms with Crippen molar-refractivity contribution < 1.29 is 19.6 Å². The zero-order valence-electron chi connectivity index (χ0n) is 14.9. The molecule has 0 aliphatic rings. The van der Waals surface area contributed by atoms with E-state index in [1.54, 1.807) is 0 Å². The highest BCUT2D eigenvalue weighted by Gasteiger charge is 2.21. The third-order valence-electron chi connectivity index (χ3n) is 3.79. The first kappa shape index (κ1) is 22.1. The predicted molar refractivity (Wildman–Crippen MR) is 101 cm³/mol. The van der Waals surface area contributed by atoms with Crippen molar-refractivity contribution in [2.45, 2.75) is 51.5 Å². The summed E-state index contributed by atoms with van der Waals surface area (Å²) in [6.07, 6.45) is 3.09. The van der Waals surface area contributed by atoms with Gasteiger partial charge < -0.3 is 10.6 Å². The number of hydrogen-bond donors (Lipinski definition) is 4. The Kier molecular flexibility index (Phi) is 10.6. The van der Waals surface area contributed by atoms with Crippen LogP contribution in [-0.4, -0.2) is 35.5 Å². The number of unbranched alkanes of at least 4 members (excludes halogenated alkanes) is 2. The molecule has 0 fully saturated rings. The van der Waals surface area contributed by atoms with Crippen LogP contribution in [0.15, 0.2) is 28.7 Å². The molecular weight excluding hydrogens is 402 g/mol. The zero-order chi connectivity index (χ0) is 19.4. The van der Waals surface area contributed by atoms with Crippen molar-refractivity contribution in [1.29, 1.82) is 0 Å². The topological polar surface area (TPSA) is 108 Å². The van der Waals surface area contributed by atoms with Crippen LogP contribution < -0.4 is 16.1 Å². The first-order valence-corrected chi connectivity index (χ1v) is 9.50. The first-order chi connectivity index (χ1) is 12.5. The number of halogens is 1. The number of benzene rings is 1. The lowest BCUT2D eigenvalue weighted by Crippen LogP contribution is -2.47. The Bertz CT molecular complexity index is 593. The van der Waals surface area contributed by atoms with E-state index in [4.69, 9.17) is 5.21 Å². The van der Waals surface area contributed by atoms with Crippen LogP contribution in [0.2, 0.25) is 0 Å². The van der Waals surface area contributed by atoms with Crippen LogP contribution in [0.5, 0.6) is 0 Å². The van der Waals surface area contributed by atoms with Crippen molar-refractivity contribution in [1.82, 2.24) is 16.1 Å². The maximum atomic E-state index is 12.3. The van der Waals surface area contributed by atoms with Gasteiger partial charge in [0.2, 0.25) is 17.7 Å². The normalized spacial score (nSPS) is 11.5. The SMILES string of the molecule is CCCCCNC(=O)[C@H](CCC(=O)NO)NC(=O)Cc1ccc(Br)cc1. The fourth-order valence-corrected chi connectivity index (χ4v) is 2.61. The summed E-state index contributed by atoms with van der Waals surface area (Å²) in [5.74, 6) is -1.22. The molecule has 3 amide bonds. The van der Waals surface area contributed by atoms with Gasteiger partial charge in [-0.3, -0.25) is 19.6 Å². The van der Waals surface area contributed by atoms with Gasteiger partial charge in [0.15, 0.2) is 0 Å². The molecule has 8 heteroatoms. The molecule has 1 aromatic carbocycles. The molecule has 0 radical (unpaired) electrons. The molecule has 0 unspecified atom stereocenters. The molecule has 1 rings (SSSR count). The molecule has 26 heavy (non-hydrogen) atoms. The molecule has 0 saturated heterocycles. The molecule has 1 atom stereocenters. The molecule has 0 saturated carbocycles. The lowest BCUT2D eigenvalue weighted by atomic mass is 10.1. The quantitative estimate of drug-likeness (QED) is 0.246. The van der Waals surface area contributed by atoms with E-state index >= 15 is 0 Å². The molecule has 1 aromatic rings. The van der Waals surface area contributed by atoms with Crippen molar-refractivity contribution >= 4 is 33.7 Å². The van der Waals surface area contributed by atoms with Crippen LogP contribution in [0.25, 0.3) is 0 Å². The predicted octanol–water partition coefficient (Wildman–Crippen LogP) is 2.07. The summed E-state index contributed by atoms with van der Waals surface area (Å²) in [4.78, 5) is 35.8. The van der Waals surface area contributed by atoms with Crippen molar-refractivity contribution in [3.8, 4) is 0 Å². The second-order valence-corrected chi connectivity index (χ2v) is 6.91. The van der Waals surface area contributed by atoms with Crippen molar-refractivity contribution in [2.75, 3.05) is 6.54 Å². The second kappa shape index (κ2) is 12.4. The summed E-state index contributed by atoms with van der Waals surface area (Å²) in [6, 6.07) is 6.50. The minimum absolute atomic E-state index is 0.0674. The third-order valence-corrected chi connectivity index (χ3v) is 4.32. The van der Waals surface area contributed by atoms with Gasteiger partial charge in [0.1, 0.15) is 6.04 Å². The van der Waals surface area contributed by atoms with E-state index in [0.29, 0.717) is 6.54 Å². The monoisotopic (exact) mass is 427 g/mol. The Hall–Kier alpha value is -1.93. The first-order valence-electron chi connectivity index (χ1n) is 8.70. The molecule has 4 N–H and O–H groups in total. The summed E-state index contributed by atoms with van der Waals surface area (Å²) >= 11 is 3.34. The highest BCUT2D eigenvalue weighted by atomic mass is 79.9. The van der Waals surface area contributed by atoms with E-state index in [9.17, 15) is 14.4 Å². The van der Waals surface area contributed by atoms with Gasteiger partial charge in [-0.05, 0) is 30.5 Å². The van der Waals surface area contributed by atoms with E-state index in [0.717, 1.165) is 29.3 Å². The Morgan fingerprint density at radius 1 is 1.12 bits per heavy atom. The number of carbonyl (C=O) groups excluding carboxylic acids is 3. The summed E-state index contributed by atoms with van der Waals surface area (Å²) in [6.45, 7) is 2.60. The van der Waals surface area contributed by atoms with Crippen molar-refractivity contribution in [2.24, 2.45) is 0 Å². The van der Waals surface area contributed by atoms with Gasteiger partial charge in [-0.15, -0.1) is 0 Å².